The fourth-order valence-electron chi connectivity index (χ4n) is 4.55. The Hall–Kier alpha value is -4.48. The van der Waals surface area contributed by atoms with Crippen LogP contribution in [0.5, 0.6) is 0 Å². The Morgan fingerprint density at radius 1 is 0.694 bits per heavy atom. The second-order valence-corrected chi connectivity index (χ2v) is 8.63. The SMILES string of the molecule is O=C1C(=O)N(c2ccccc2)[C@@](C(=O)Nc2ccccc2)(c2ccccc2)/C1=C(\Cl)c1ccccc1. The molecule has 1 atom stereocenters. The van der Waals surface area contributed by atoms with Gasteiger partial charge in [0.2, 0.25) is 0 Å². The van der Waals surface area contributed by atoms with Gasteiger partial charge < -0.3 is 5.32 Å². The normalized spacial score (nSPS) is 18.8. The number of amides is 2. The van der Waals surface area contributed by atoms with Crippen LogP contribution in [0.2, 0.25) is 0 Å². The molecule has 0 aliphatic carbocycles. The van der Waals surface area contributed by atoms with Gasteiger partial charge in [0, 0.05) is 11.4 Å². The molecule has 0 bridgehead atoms. The number of ketones is 1. The molecule has 5 nitrogen and oxygen atoms in total. The van der Waals surface area contributed by atoms with Crippen LogP contribution in [0.15, 0.2) is 127 Å². The lowest BCUT2D eigenvalue weighted by molar-refractivity contribution is -0.132. The van der Waals surface area contributed by atoms with Crippen LogP contribution in [0.3, 0.4) is 0 Å². The largest absolute Gasteiger partial charge is 0.323 e. The van der Waals surface area contributed by atoms with Crippen molar-refractivity contribution < 1.29 is 14.4 Å². The van der Waals surface area contributed by atoms with Crippen molar-refractivity contribution in [2.75, 3.05) is 10.2 Å². The topological polar surface area (TPSA) is 66.5 Å². The van der Waals surface area contributed by atoms with Gasteiger partial charge in [-0.1, -0.05) is 109 Å². The molecule has 36 heavy (non-hydrogen) atoms. The number of nitrogens with zero attached hydrogens (tertiary/aromatic N) is 1. The van der Waals surface area contributed by atoms with E-state index in [1.165, 1.54) is 4.90 Å². The van der Waals surface area contributed by atoms with Gasteiger partial charge in [0.05, 0.1) is 10.6 Å². The number of halogens is 1. The molecule has 0 saturated carbocycles. The van der Waals surface area contributed by atoms with Crippen LogP contribution < -0.4 is 10.2 Å². The van der Waals surface area contributed by atoms with E-state index in [9.17, 15) is 14.4 Å². The van der Waals surface area contributed by atoms with Gasteiger partial charge in [-0.05, 0) is 35.4 Å². The third kappa shape index (κ3) is 3.80. The predicted molar refractivity (Wildman–Crippen MR) is 141 cm³/mol. The summed E-state index contributed by atoms with van der Waals surface area (Å²) >= 11 is 6.91. The number of carbonyl (C=O) groups is 3. The van der Waals surface area contributed by atoms with E-state index in [-0.39, 0.29) is 10.6 Å². The lowest BCUT2D eigenvalue weighted by Gasteiger charge is -2.38. The second-order valence-electron chi connectivity index (χ2n) is 8.26. The molecule has 0 aromatic heterocycles. The molecule has 1 aliphatic rings. The first-order valence-corrected chi connectivity index (χ1v) is 11.7. The molecule has 2 amide bonds. The summed E-state index contributed by atoms with van der Waals surface area (Å²) in [6, 6.07) is 35.2. The average Bonchev–Trinajstić information content (AvgIpc) is 3.17. The van der Waals surface area contributed by atoms with Crippen LogP contribution in [0.1, 0.15) is 11.1 Å². The van der Waals surface area contributed by atoms with Crippen LogP contribution in [-0.2, 0) is 19.9 Å². The van der Waals surface area contributed by atoms with Gasteiger partial charge in [-0.15, -0.1) is 0 Å². The van der Waals surface area contributed by atoms with E-state index >= 15 is 0 Å². The summed E-state index contributed by atoms with van der Waals surface area (Å²) in [5.41, 5.74) is -0.0739. The van der Waals surface area contributed by atoms with Crippen molar-refractivity contribution >= 4 is 45.6 Å². The number of nitrogens with one attached hydrogen (secondary N) is 1. The molecule has 4 aromatic rings. The molecule has 6 heteroatoms. The van der Waals surface area contributed by atoms with Gasteiger partial charge in [0.1, 0.15) is 0 Å². The highest BCUT2D eigenvalue weighted by Gasteiger charge is 2.62. The van der Waals surface area contributed by atoms with E-state index < -0.39 is 23.1 Å². The number of carbonyl (C=O) groups excluding carboxylic acids is 3. The van der Waals surface area contributed by atoms with Crippen LogP contribution in [0.4, 0.5) is 11.4 Å². The molecule has 0 radical (unpaired) electrons. The van der Waals surface area contributed by atoms with Gasteiger partial charge in [-0.2, -0.15) is 0 Å². The maximum Gasteiger partial charge on any atom is 0.300 e. The molecule has 1 fully saturated rings. The fraction of sp³-hybridized carbons (Fsp3) is 0.0333. The molecule has 1 aliphatic heterocycles. The van der Waals surface area contributed by atoms with Crippen molar-refractivity contribution in [1.29, 1.82) is 0 Å². The monoisotopic (exact) mass is 492 g/mol. The number of hydrogen-bond acceptors (Lipinski definition) is 3. The minimum absolute atomic E-state index is 0.0412. The Kier molecular flexibility index (Phi) is 6.23. The maximum atomic E-state index is 14.4. The van der Waals surface area contributed by atoms with Crippen molar-refractivity contribution in [2.24, 2.45) is 0 Å². The molecular formula is C30H21ClN2O3. The van der Waals surface area contributed by atoms with Crippen molar-refractivity contribution in [3.05, 3.63) is 138 Å². The summed E-state index contributed by atoms with van der Waals surface area (Å²) in [6.07, 6.45) is 0. The number of hydrogen-bond donors (Lipinski definition) is 1. The summed E-state index contributed by atoms with van der Waals surface area (Å²) in [4.78, 5) is 43.1. The fourth-order valence-corrected chi connectivity index (χ4v) is 4.90. The van der Waals surface area contributed by atoms with Crippen molar-refractivity contribution in [1.82, 2.24) is 0 Å². The summed E-state index contributed by atoms with van der Waals surface area (Å²) in [5, 5.41) is 2.96. The standard InChI is InChI=1S/C30H21ClN2O3/c31-26(21-13-5-1-6-14-21)25-27(34)28(35)33(24-19-11-4-12-20-24)30(25,22-15-7-2-8-16-22)29(36)32-23-17-9-3-10-18-23/h1-20H,(H,32,36)/b26-25-/t30-/m0/s1. The van der Waals surface area contributed by atoms with E-state index in [1.54, 1.807) is 109 Å². The predicted octanol–water partition coefficient (Wildman–Crippen LogP) is 5.79. The van der Waals surface area contributed by atoms with Gasteiger partial charge in [-0.25, -0.2) is 0 Å². The molecule has 1 heterocycles. The Morgan fingerprint density at radius 3 is 1.78 bits per heavy atom. The molecule has 5 rings (SSSR count). The first-order valence-electron chi connectivity index (χ1n) is 11.4. The highest BCUT2D eigenvalue weighted by Crippen LogP contribution is 2.49. The third-order valence-electron chi connectivity index (χ3n) is 6.13. The molecule has 1 N–H and O–H groups in total. The smallest absolute Gasteiger partial charge is 0.300 e. The highest BCUT2D eigenvalue weighted by atomic mass is 35.5. The van der Waals surface area contributed by atoms with Crippen molar-refractivity contribution in [3.63, 3.8) is 0 Å². The zero-order valence-electron chi connectivity index (χ0n) is 19.1. The van der Waals surface area contributed by atoms with Crippen LogP contribution in [0.25, 0.3) is 5.03 Å². The van der Waals surface area contributed by atoms with Gasteiger partial charge >= 0.3 is 5.91 Å². The number of anilines is 2. The lowest BCUT2D eigenvalue weighted by atomic mass is 9.80. The number of para-hydroxylation sites is 2. The summed E-state index contributed by atoms with van der Waals surface area (Å²) in [6.45, 7) is 0. The van der Waals surface area contributed by atoms with Crippen LogP contribution in [0, 0.1) is 0 Å². The number of Topliss-reactive ketones (excluding diaryl/α,β-unsaturated/α-hetero) is 1. The Labute approximate surface area is 213 Å². The minimum atomic E-state index is -1.86. The van der Waals surface area contributed by atoms with Crippen molar-refractivity contribution in [3.8, 4) is 0 Å². The summed E-state index contributed by atoms with van der Waals surface area (Å²) < 4.78 is 0. The third-order valence-corrected chi connectivity index (χ3v) is 6.54. The first kappa shape index (κ1) is 23.3. The molecule has 4 aromatic carbocycles. The Bertz CT molecular complexity index is 1460. The molecular weight excluding hydrogens is 472 g/mol. The number of rotatable bonds is 5. The minimum Gasteiger partial charge on any atom is -0.323 e. The highest BCUT2D eigenvalue weighted by molar-refractivity contribution is 6.61. The van der Waals surface area contributed by atoms with E-state index in [0.717, 1.165) is 0 Å². The summed E-state index contributed by atoms with van der Waals surface area (Å²) in [5.74, 6) is -2.25. The van der Waals surface area contributed by atoms with Gasteiger partial charge in [0.25, 0.3) is 11.7 Å². The van der Waals surface area contributed by atoms with E-state index in [0.29, 0.717) is 22.5 Å². The maximum absolute atomic E-state index is 14.4. The molecule has 0 unspecified atom stereocenters. The molecule has 0 spiro atoms. The summed E-state index contributed by atoms with van der Waals surface area (Å²) in [7, 11) is 0. The van der Waals surface area contributed by atoms with Gasteiger partial charge in [0.15, 0.2) is 5.54 Å². The van der Waals surface area contributed by atoms with Crippen LogP contribution >= 0.6 is 11.6 Å². The Balaban J connectivity index is 1.86. The van der Waals surface area contributed by atoms with Crippen LogP contribution in [-0.4, -0.2) is 17.6 Å². The lowest BCUT2D eigenvalue weighted by Crippen LogP contribution is -2.53. The first-order chi connectivity index (χ1) is 17.5. The van der Waals surface area contributed by atoms with E-state index in [4.69, 9.17) is 11.6 Å². The zero-order chi connectivity index (χ0) is 25.1. The van der Waals surface area contributed by atoms with Crippen molar-refractivity contribution in [2.45, 2.75) is 5.54 Å². The van der Waals surface area contributed by atoms with E-state index in [1.807, 2.05) is 12.1 Å². The number of benzene rings is 4. The molecule has 176 valence electrons. The average molecular weight is 493 g/mol. The quantitative estimate of drug-likeness (QED) is 0.283. The zero-order valence-corrected chi connectivity index (χ0v) is 19.9. The Morgan fingerprint density at radius 2 is 1.19 bits per heavy atom. The van der Waals surface area contributed by atoms with E-state index in [2.05, 4.69) is 5.32 Å². The van der Waals surface area contributed by atoms with Gasteiger partial charge in [-0.3, -0.25) is 19.3 Å². The second kappa shape index (κ2) is 9.64. The molecule has 1 saturated heterocycles.